The first-order valence-electron chi connectivity index (χ1n) is 10.1. The van der Waals surface area contributed by atoms with E-state index >= 15 is 0 Å². The number of halogens is 17. The van der Waals surface area contributed by atoms with Crippen molar-refractivity contribution in [3.63, 3.8) is 0 Å². The predicted molar refractivity (Wildman–Crippen MR) is 92.6 cm³/mol. The summed E-state index contributed by atoms with van der Waals surface area (Å²) in [4.78, 5) is 11.7. The normalized spacial score (nSPS) is 17.9. The number of quaternary nitrogens is 1. The molecule has 0 aliphatic heterocycles. The van der Waals surface area contributed by atoms with Gasteiger partial charge in [0.25, 0.3) is 5.91 Å². The van der Waals surface area contributed by atoms with Crippen LogP contribution in [0.4, 0.5) is 74.6 Å². The van der Waals surface area contributed by atoms with Crippen molar-refractivity contribution < 1.29 is 93.4 Å². The molecule has 234 valence electrons. The van der Waals surface area contributed by atoms with Crippen molar-refractivity contribution in [3.05, 3.63) is 0 Å². The monoisotopic (exact) mass is 623 g/mol. The number of nitrogens with one attached hydrogen (secondary N) is 1. The molecule has 0 aromatic rings. The number of rotatable bonds is 13. The van der Waals surface area contributed by atoms with Gasteiger partial charge in [-0.2, -0.15) is 74.6 Å². The number of ether oxygens (including phenoxy) is 2. The minimum absolute atomic E-state index is 0.0353. The standard InChI is InChI=1S/C17H19F17N2O3/c1-4-36(3,5-2)8-6-7-35-9(37)10(18,13(22,23)24)38-17(33,34)12(21,15(28,29)30)39-16(31,32)11(19,20)14(25,26)27/h4-8H2,1-3H3/p+1. The Hall–Kier alpha value is -1.84. The van der Waals surface area contributed by atoms with Gasteiger partial charge in [0.1, 0.15) is 0 Å². The molecule has 39 heavy (non-hydrogen) atoms. The summed E-state index contributed by atoms with van der Waals surface area (Å²) in [5.74, 6) is -26.0. The smallest absolute Gasteiger partial charge is 0.351 e. The fourth-order valence-electron chi connectivity index (χ4n) is 2.48. The first-order valence-corrected chi connectivity index (χ1v) is 10.1. The molecule has 0 aliphatic carbocycles. The lowest BCUT2D eigenvalue weighted by atomic mass is 10.2. The van der Waals surface area contributed by atoms with Gasteiger partial charge in [-0.05, 0) is 13.8 Å². The van der Waals surface area contributed by atoms with Crippen LogP contribution in [0.2, 0.25) is 0 Å². The summed E-state index contributed by atoms with van der Waals surface area (Å²) in [7, 11) is 1.59. The van der Waals surface area contributed by atoms with Crippen molar-refractivity contribution >= 4 is 5.91 Å². The van der Waals surface area contributed by atoms with Crippen molar-refractivity contribution in [2.24, 2.45) is 0 Å². The topological polar surface area (TPSA) is 47.6 Å². The summed E-state index contributed by atoms with van der Waals surface area (Å²) in [6.45, 7) is 3.14. The Kier molecular flexibility index (Phi) is 10.7. The van der Waals surface area contributed by atoms with Gasteiger partial charge in [-0.3, -0.25) is 14.3 Å². The Morgan fingerprint density at radius 2 is 1.10 bits per heavy atom. The number of amides is 1. The minimum atomic E-state index is -8.03. The highest BCUT2D eigenvalue weighted by molar-refractivity contribution is 5.84. The van der Waals surface area contributed by atoms with E-state index in [1.165, 1.54) is 4.74 Å². The Balaban J connectivity index is 6.39. The number of alkyl halides is 17. The van der Waals surface area contributed by atoms with Crippen LogP contribution in [0, 0.1) is 0 Å². The summed E-state index contributed by atoms with van der Waals surface area (Å²) >= 11 is 0. The van der Waals surface area contributed by atoms with Crippen LogP contribution in [0.1, 0.15) is 20.3 Å². The zero-order valence-electron chi connectivity index (χ0n) is 19.6. The van der Waals surface area contributed by atoms with Crippen molar-refractivity contribution in [1.82, 2.24) is 5.32 Å². The number of nitrogens with zero attached hydrogens (tertiary/aromatic N) is 1. The third-order valence-electron chi connectivity index (χ3n) is 5.34. The van der Waals surface area contributed by atoms with Crippen molar-refractivity contribution in [1.29, 1.82) is 0 Å². The van der Waals surface area contributed by atoms with Gasteiger partial charge in [0.2, 0.25) is 0 Å². The zero-order valence-corrected chi connectivity index (χ0v) is 19.6. The predicted octanol–water partition coefficient (Wildman–Crippen LogP) is 5.85. The van der Waals surface area contributed by atoms with E-state index in [-0.39, 0.29) is 17.4 Å². The second kappa shape index (κ2) is 11.2. The van der Waals surface area contributed by atoms with Gasteiger partial charge >= 0.3 is 48.4 Å². The van der Waals surface area contributed by atoms with Crippen LogP contribution in [0.25, 0.3) is 0 Å². The van der Waals surface area contributed by atoms with Gasteiger partial charge in [-0.25, -0.2) is 0 Å². The Morgan fingerprint density at radius 3 is 1.44 bits per heavy atom. The largest absolute Gasteiger partial charge is 0.462 e. The molecule has 0 heterocycles. The molecule has 2 atom stereocenters. The van der Waals surface area contributed by atoms with Gasteiger partial charge in [0, 0.05) is 13.0 Å². The van der Waals surface area contributed by atoms with Gasteiger partial charge in [0.05, 0.1) is 26.7 Å². The maximum Gasteiger partial charge on any atom is 0.462 e. The van der Waals surface area contributed by atoms with Crippen LogP contribution in [0.15, 0.2) is 0 Å². The summed E-state index contributed by atoms with van der Waals surface area (Å²) in [6, 6.07) is 0. The highest BCUT2D eigenvalue weighted by Gasteiger charge is 2.85. The maximum absolute atomic E-state index is 14.4. The molecule has 2 unspecified atom stereocenters. The third kappa shape index (κ3) is 7.47. The lowest BCUT2D eigenvalue weighted by molar-refractivity contribution is -0.906. The average Bonchev–Trinajstić information content (AvgIpc) is 2.73. The molecule has 0 aliphatic rings. The van der Waals surface area contributed by atoms with Crippen LogP contribution >= 0.6 is 0 Å². The van der Waals surface area contributed by atoms with Gasteiger partial charge in [-0.1, -0.05) is 0 Å². The van der Waals surface area contributed by atoms with Gasteiger partial charge < -0.3 is 9.80 Å². The van der Waals surface area contributed by atoms with Crippen molar-refractivity contribution in [2.45, 2.75) is 68.6 Å². The molecular weight excluding hydrogens is 603 g/mol. The molecule has 0 spiro atoms. The molecule has 0 bridgehead atoms. The second-order valence-electron chi connectivity index (χ2n) is 8.08. The molecule has 1 N–H and O–H groups in total. The first kappa shape index (κ1) is 37.2. The van der Waals surface area contributed by atoms with E-state index in [1.54, 1.807) is 20.9 Å². The van der Waals surface area contributed by atoms with Crippen LogP contribution in [-0.2, 0) is 14.3 Å². The maximum atomic E-state index is 14.4. The molecular formula is C17H20F17N2O3+. The Bertz CT molecular complexity index is 838. The Morgan fingerprint density at radius 1 is 0.667 bits per heavy atom. The number of carbonyl (C=O) groups excluding carboxylic acids is 1. The molecule has 0 saturated heterocycles. The highest BCUT2D eigenvalue weighted by Crippen LogP contribution is 2.56. The lowest BCUT2D eigenvalue weighted by Crippen LogP contribution is -2.68. The fraction of sp³-hybridized carbons (Fsp3) is 0.941. The minimum Gasteiger partial charge on any atom is -0.351 e. The molecule has 0 aromatic carbocycles. The summed E-state index contributed by atoms with van der Waals surface area (Å²) in [6.07, 6.45) is -38.7. The molecule has 5 nitrogen and oxygen atoms in total. The van der Waals surface area contributed by atoms with E-state index in [0.29, 0.717) is 13.1 Å². The molecule has 1 amide bonds. The van der Waals surface area contributed by atoms with Crippen LogP contribution in [0.5, 0.6) is 0 Å². The highest BCUT2D eigenvalue weighted by atomic mass is 19.4. The van der Waals surface area contributed by atoms with E-state index in [2.05, 4.69) is 0 Å². The third-order valence-corrected chi connectivity index (χ3v) is 5.34. The van der Waals surface area contributed by atoms with Crippen molar-refractivity contribution in [2.75, 3.05) is 33.2 Å². The zero-order chi connectivity index (χ0) is 31.7. The van der Waals surface area contributed by atoms with Crippen LogP contribution < -0.4 is 5.32 Å². The van der Waals surface area contributed by atoms with E-state index in [9.17, 15) is 79.4 Å². The van der Waals surface area contributed by atoms with E-state index in [1.807, 2.05) is 4.74 Å². The number of hydrogen-bond acceptors (Lipinski definition) is 3. The van der Waals surface area contributed by atoms with E-state index < -0.39 is 60.8 Å². The van der Waals surface area contributed by atoms with Gasteiger partial charge in [-0.15, -0.1) is 0 Å². The summed E-state index contributed by atoms with van der Waals surface area (Å²) in [5.41, 5.74) is 0. The fourth-order valence-corrected chi connectivity index (χ4v) is 2.48. The summed E-state index contributed by atoms with van der Waals surface area (Å²) < 4.78 is 226. The summed E-state index contributed by atoms with van der Waals surface area (Å²) in [5, 5.41) is 0.992. The average molecular weight is 623 g/mol. The SMILES string of the molecule is CC[N+](C)(CC)CCCNC(=O)C(F)(OC(F)(F)C(F)(OC(F)(F)C(F)(F)C(F)(F)F)C(F)(F)F)C(F)(F)F. The van der Waals surface area contributed by atoms with E-state index in [4.69, 9.17) is 0 Å². The van der Waals surface area contributed by atoms with Crippen molar-refractivity contribution in [3.8, 4) is 0 Å². The molecule has 0 radical (unpaired) electrons. The molecule has 0 aromatic heterocycles. The second-order valence-corrected chi connectivity index (χ2v) is 8.08. The van der Waals surface area contributed by atoms with Gasteiger partial charge in [0.15, 0.2) is 0 Å². The lowest BCUT2D eigenvalue weighted by Gasteiger charge is -2.40. The number of hydrogen-bond donors (Lipinski definition) is 1. The molecule has 0 fully saturated rings. The molecule has 22 heteroatoms. The quantitative estimate of drug-likeness (QED) is 0.159. The molecule has 0 saturated carbocycles. The molecule has 0 rings (SSSR count). The van der Waals surface area contributed by atoms with Crippen LogP contribution in [0.3, 0.4) is 0 Å². The Labute approximate surface area is 207 Å². The van der Waals surface area contributed by atoms with Crippen LogP contribution in [-0.4, -0.2) is 92.0 Å². The first-order chi connectivity index (χ1) is 16.9. The van der Waals surface area contributed by atoms with E-state index in [0.717, 1.165) is 5.32 Å². The number of carbonyl (C=O) groups is 1.